The Bertz CT molecular complexity index is 919. The third kappa shape index (κ3) is 3.91. The summed E-state index contributed by atoms with van der Waals surface area (Å²) in [5, 5.41) is 2.74. The number of benzene rings is 2. The Kier molecular flexibility index (Phi) is 4.61. The molecule has 1 aliphatic rings. The molecule has 0 saturated heterocycles. The maximum atomic E-state index is 13.1. The molecule has 9 heteroatoms. The Morgan fingerprint density at radius 2 is 1.52 bits per heavy atom. The van der Waals surface area contributed by atoms with Gasteiger partial charge in [0.25, 0.3) is 11.8 Å². The first-order valence-electron chi connectivity index (χ1n) is 7.61. The van der Waals surface area contributed by atoms with Gasteiger partial charge in [-0.1, -0.05) is 12.1 Å². The van der Waals surface area contributed by atoms with Crippen LogP contribution in [0.15, 0.2) is 54.2 Å². The number of ether oxygens (including phenoxy) is 1. The largest absolute Gasteiger partial charge is 0.573 e. The maximum absolute atomic E-state index is 13.1. The molecule has 0 fully saturated rings. The average molecular weight is 380 g/mol. The molecule has 2 aromatic carbocycles. The highest BCUT2D eigenvalue weighted by Crippen LogP contribution is 2.30. The lowest BCUT2D eigenvalue weighted by atomic mass is 10.0. The van der Waals surface area contributed by atoms with Crippen LogP contribution in [0.1, 0.15) is 5.56 Å². The number of likely N-dealkylation sites (N-methyl/N-ethyl adjacent to an activating group) is 1. The molecule has 2 amide bonds. The van der Waals surface area contributed by atoms with Crippen LogP contribution in [-0.2, 0) is 9.59 Å². The van der Waals surface area contributed by atoms with Gasteiger partial charge in [-0.25, -0.2) is 4.39 Å². The molecule has 0 unspecified atom stereocenters. The highest BCUT2D eigenvalue weighted by molar-refractivity contribution is 6.36. The van der Waals surface area contributed by atoms with Crippen LogP contribution in [0.3, 0.4) is 0 Å². The van der Waals surface area contributed by atoms with Crippen molar-refractivity contribution in [2.75, 3.05) is 12.4 Å². The lowest BCUT2D eigenvalue weighted by Crippen LogP contribution is -2.27. The lowest BCUT2D eigenvalue weighted by Gasteiger charge is -2.11. The fraction of sp³-hybridized carbons (Fsp3) is 0.111. The van der Waals surface area contributed by atoms with Crippen LogP contribution in [-0.4, -0.2) is 30.1 Å². The summed E-state index contributed by atoms with van der Waals surface area (Å²) < 4.78 is 53.6. The number of imide groups is 1. The Morgan fingerprint density at radius 1 is 0.926 bits per heavy atom. The molecular formula is C18H12F4N2O3. The molecule has 0 radical (unpaired) electrons. The molecule has 0 saturated carbocycles. The molecule has 1 aliphatic heterocycles. The van der Waals surface area contributed by atoms with Crippen molar-refractivity contribution >= 4 is 23.1 Å². The van der Waals surface area contributed by atoms with Gasteiger partial charge < -0.3 is 10.1 Å². The average Bonchev–Trinajstić information content (AvgIpc) is 2.80. The van der Waals surface area contributed by atoms with Crippen LogP contribution >= 0.6 is 0 Å². The van der Waals surface area contributed by atoms with Crippen molar-refractivity contribution < 1.29 is 31.9 Å². The molecule has 27 heavy (non-hydrogen) atoms. The lowest BCUT2D eigenvalue weighted by molar-refractivity contribution is -0.274. The van der Waals surface area contributed by atoms with E-state index in [1.807, 2.05) is 0 Å². The van der Waals surface area contributed by atoms with Crippen LogP contribution < -0.4 is 10.1 Å². The van der Waals surface area contributed by atoms with E-state index >= 15 is 0 Å². The Hall–Kier alpha value is -3.36. The third-order valence-electron chi connectivity index (χ3n) is 3.78. The zero-order valence-electron chi connectivity index (χ0n) is 13.8. The number of anilines is 1. The minimum absolute atomic E-state index is 0.0399. The molecule has 0 spiro atoms. The van der Waals surface area contributed by atoms with E-state index in [0.717, 1.165) is 29.2 Å². The van der Waals surface area contributed by atoms with E-state index in [0.29, 0.717) is 5.56 Å². The number of hydrogen-bond donors (Lipinski definition) is 1. The summed E-state index contributed by atoms with van der Waals surface area (Å²) in [4.78, 5) is 25.6. The normalized spacial score (nSPS) is 14.8. The van der Waals surface area contributed by atoms with Crippen molar-refractivity contribution in [2.24, 2.45) is 0 Å². The van der Waals surface area contributed by atoms with Crippen LogP contribution in [0, 0.1) is 5.82 Å². The molecule has 0 bridgehead atoms. The van der Waals surface area contributed by atoms with Crippen molar-refractivity contribution in [1.29, 1.82) is 0 Å². The van der Waals surface area contributed by atoms with Gasteiger partial charge in [0.2, 0.25) is 0 Å². The van der Waals surface area contributed by atoms with Gasteiger partial charge in [-0.3, -0.25) is 14.5 Å². The predicted molar refractivity (Wildman–Crippen MR) is 87.8 cm³/mol. The zero-order chi connectivity index (χ0) is 19.8. The van der Waals surface area contributed by atoms with Gasteiger partial charge in [-0.05, 0) is 42.0 Å². The van der Waals surface area contributed by atoms with Crippen molar-refractivity contribution in [3.05, 3.63) is 65.6 Å². The summed E-state index contributed by atoms with van der Waals surface area (Å²) in [5.74, 6) is -2.12. The molecule has 0 aromatic heterocycles. The molecule has 2 aromatic rings. The number of amides is 2. The van der Waals surface area contributed by atoms with Crippen LogP contribution in [0.2, 0.25) is 0 Å². The number of nitrogens with zero attached hydrogens (tertiary/aromatic N) is 1. The van der Waals surface area contributed by atoms with Crippen LogP contribution in [0.4, 0.5) is 23.2 Å². The van der Waals surface area contributed by atoms with Crippen molar-refractivity contribution in [1.82, 2.24) is 4.90 Å². The molecular weight excluding hydrogens is 368 g/mol. The van der Waals surface area contributed by atoms with Gasteiger partial charge in [0.05, 0.1) is 5.57 Å². The molecule has 0 aliphatic carbocycles. The number of hydrogen-bond acceptors (Lipinski definition) is 4. The number of nitrogens with one attached hydrogen (secondary N) is 1. The van der Waals surface area contributed by atoms with E-state index in [4.69, 9.17) is 0 Å². The minimum atomic E-state index is -4.82. The summed E-state index contributed by atoms with van der Waals surface area (Å²) >= 11 is 0. The highest BCUT2D eigenvalue weighted by Gasteiger charge is 2.37. The first-order valence-corrected chi connectivity index (χ1v) is 7.61. The van der Waals surface area contributed by atoms with E-state index in [1.54, 1.807) is 0 Å². The Balaban J connectivity index is 1.93. The van der Waals surface area contributed by atoms with Gasteiger partial charge in [-0.2, -0.15) is 0 Å². The zero-order valence-corrected chi connectivity index (χ0v) is 13.8. The van der Waals surface area contributed by atoms with E-state index in [2.05, 4.69) is 10.1 Å². The second-order valence-electron chi connectivity index (χ2n) is 5.62. The molecule has 3 rings (SSSR count). The second kappa shape index (κ2) is 6.75. The molecule has 1 N–H and O–H groups in total. The predicted octanol–water partition coefficient (Wildman–Crippen LogP) is 3.55. The Labute approximate surface area is 150 Å². The fourth-order valence-electron chi connectivity index (χ4n) is 2.53. The maximum Gasteiger partial charge on any atom is 0.573 e. The van der Waals surface area contributed by atoms with Gasteiger partial charge in [-0.15, -0.1) is 13.2 Å². The SMILES string of the molecule is CN1C(=O)C(Nc2ccc(OC(F)(F)F)cc2)=C(c2ccc(F)cc2)C1=O. The highest BCUT2D eigenvalue weighted by atomic mass is 19.4. The number of rotatable bonds is 4. The van der Waals surface area contributed by atoms with Gasteiger partial charge in [0, 0.05) is 12.7 Å². The number of halogens is 4. The fourth-order valence-corrected chi connectivity index (χ4v) is 2.53. The standard InChI is InChI=1S/C18H12F4N2O3/c1-24-16(25)14(10-2-4-11(19)5-3-10)15(17(24)26)23-12-6-8-13(9-7-12)27-18(20,21)22/h2-9,23H,1H3. The van der Waals surface area contributed by atoms with Gasteiger partial charge in [0.1, 0.15) is 17.3 Å². The summed E-state index contributed by atoms with van der Waals surface area (Å²) in [5.41, 5.74) is 0.589. The monoisotopic (exact) mass is 380 g/mol. The number of carbonyl (C=O) groups is 2. The number of alkyl halides is 3. The summed E-state index contributed by atoms with van der Waals surface area (Å²) in [6, 6.07) is 9.70. The minimum Gasteiger partial charge on any atom is -0.406 e. The smallest absolute Gasteiger partial charge is 0.406 e. The van der Waals surface area contributed by atoms with Crippen molar-refractivity contribution in [3.8, 4) is 5.75 Å². The van der Waals surface area contributed by atoms with E-state index < -0.39 is 29.7 Å². The van der Waals surface area contributed by atoms with E-state index in [-0.39, 0.29) is 17.0 Å². The van der Waals surface area contributed by atoms with E-state index in [9.17, 15) is 27.2 Å². The molecule has 0 atom stereocenters. The quantitative estimate of drug-likeness (QED) is 0.651. The van der Waals surface area contributed by atoms with Crippen molar-refractivity contribution in [2.45, 2.75) is 6.36 Å². The topological polar surface area (TPSA) is 58.6 Å². The summed E-state index contributed by atoms with van der Waals surface area (Å²) in [6.45, 7) is 0. The molecule has 5 nitrogen and oxygen atoms in total. The van der Waals surface area contributed by atoms with Crippen LogP contribution in [0.25, 0.3) is 5.57 Å². The third-order valence-corrected chi connectivity index (χ3v) is 3.78. The second-order valence-corrected chi connectivity index (χ2v) is 5.62. The van der Waals surface area contributed by atoms with Crippen molar-refractivity contribution in [3.63, 3.8) is 0 Å². The van der Waals surface area contributed by atoms with Gasteiger partial charge >= 0.3 is 6.36 Å². The summed E-state index contributed by atoms with van der Waals surface area (Å²) in [6.07, 6.45) is -4.82. The van der Waals surface area contributed by atoms with Crippen LogP contribution in [0.5, 0.6) is 5.75 Å². The first kappa shape index (κ1) is 18.4. The molecule has 140 valence electrons. The van der Waals surface area contributed by atoms with E-state index in [1.165, 1.54) is 31.3 Å². The van der Waals surface area contributed by atoms with Gasteiger partial charge in [0.15, 0.2) is 0 Å². The molecule has 1 heterocycles. The summed E-state index contributed by atoms with van der Waals surface area (Å²) in [7, 11) is 1.29. The number of carbonyl (C=O) groups excluding carboxylic acids is 2. The Morgan fingerprint density at radius 3 is 2.07 bits per heavy atom. The first-order chi connectivity index (χ1) is 12.7.